The molecule has 0 aliphatic rings. The first-order chi connectivity index (χ1) is 39.5. The van der Waals surface area contributed by atoms with E-state index in [1.165, 1.54) is 231 Å². The van der Waals surface area contributed by atoms with Gasteiger partial charge in [-0.05, 0) is 109 Å². The van der Waals surface area contributed by atoms with Crippen LogP contribution in [0.5, 0.6) is 0 Å². The van der Waals surface area contributed by atoms with Crippen LogP contribution in [0.1, 0.15) is 361 Å². The first-order valence-electron chi connectivity index (χ1n) is 34.9. The second kappa shape index (κ2) is 68.3. The van der Waals surface area contributed by atoms with Gasteiger partial charge in [-0.1, -0.05) is 306 Å². The Morgan fingerprint density at radius 3 is 0.775 bits per heavy atom. The van der Waals surface area contributed by atoms with Gasteiger partial charge in [0.1, 0.15) is 13.2 Å². The van der Waals surface area contributed by atoms with Gasteiger partial charge < -0.3 is 14.2 Å². The Balaban J connectivity index is 4.36. The van der Waals surface area contributed by atoms with Crippen LogP contribution in [-0.2, 0) is 28.6 Å². The van der Waals surface area contributed by atoms with Crippen molar-refractivity contribution in [1.82, 2.24) is 0 Å². The van der Waals surface area contributed by atoms with E-state index in [2.05, 4.69) is 93.7 Å². The van der Waals surface area contributed by atoms with Crippen LogP contribution in [0, 0.1) is 0 Å². The zero-order chi connectivity index (χ0) is 57.8. The van der Waals surface area contributed by atoms with E-state index in [9.17, 15) is 14.4 Å². The average molecular weight is 1120 g/mol. The van der Waals surface area contributed by atoms with Gasteiger partial charge in [0.15, 0.2) is 6.10 Å². The van der Waals surface area contributed by atoms with Gasteiger partial charge in [0, 0.05) is 19.3 Å². The topological polar surface area (TPSA) is 78.9 Å². The quantitative estimate of drug-likeness (QED) is 0.0261. The molecule has 80 heavy (non-hydrogen) atoms. The fraction of sp³-hybridized carbons (Fsp3) is 0.797. The number of rotatable bonds is 64. The van der Waals surface area contributed by atoms with Gasteiger partial charge in [0.05, 0.1) is 0 Å². The Bertz CT molecular complexity index is 1470. The molecule has 0 saturated heterocycles. The highest BCUT2D eigenvalue weighted by Crippen LogP contribution is 2.17. The first-order valence-corrected chi connectivity index (χ1v) is 34.9. The summed E-state index contributed by atoms with van der Waals surface area (Å²) in [6.45, 7) is 6.57. The van der Waals surface area contributed by atoms with Crippen LogP contribution in [0.15, 0.2) is 72.9 Å². The molecule has 6 heteroatoms. The molecule has 0 N–H and O–H groups in total. The highest BCUT2D eigenvalue weighted by Gasteiger charge is 2.19. The molecule has 0 aromatic carbocycles. The van der Waals surface area contributed by atoms with Crippen molar-refractivity contribution in [3.63, 3.8) is 0 Å². The maximum atomic E-state index is 13.0. The van der Waals surface area contributed by atoms with Crippen LogP contribution in [0.2, 0.25) is 0 Å². The number of ether oxygens (including phenoxy) is 3. The van der Waals surface area contributed by atoms with Gasteiger partial charge in [-0.15, -0.1) is 0 Å². The summed E-state index contributed by atoms with van der Waals surface area (Å²) < 4.78 is 17.0. The summed E-state index contributed by atoms with van der Waals surface area (Å²) in [5.41, 5.74) is 0. The lowest BCUT2D eigenvalue weighted by molar-refractivity contribution is -0.167. The second-order valence-corrected chi connectivity index (χ2v) is 23.4. The predicted octanol–water partition coefficient (Wildman–Crippen LogP) is 24.1. The maximum absolute atomic E-state index is 13.0. The molecule has 0 spiro atoms. The minimum absolute atomic E-state index is 0.0782. The van der Waals surface area contributed by atoms with Gasteiger partial charge in [0.2, 0.25) is 0 Å². The predicted molar refractivity (Wildman–Crippen MR) is 348 cm³/mol. The number of hydrogen-bond acceptors (Lipinski definition) is 6. The smallest absolute Gasteiger partial charge is 0.306 e. The van der Waals surface area contributed by atoms with Crippen molar-refractivity contribution in [2.75, 3.05) is 13.2 Å². The van der Waals surface area contributed by atoms with E-state index in [-0.39, 0.29) is 31.1 Å². The van der Waals surface area contributed by atoms with E-state index < -0.39 is 6.10 Å². The van der Waals surface area contributed by atoms with E-state index in [1.807, 2.05) is 0 Å². The summed E-state index contributed by atoms with van der Waals surface area (Å²) >= 11 is 0. The summed E-state index contributed by atoms with van der Waals surface area (Å²) in [5.74, 6) is -0.871. The molecule has 0 aliphatic heterocycles. The molecule has 464 valence electrons. The van der Waals surface area contributed by atoms with Crippen LogP contribution >= 0.6 is 0 Å². The molecule has 0 bridgehead atoms. The lowest BCUT2D eigenvalue weighted by Crippen LogP contribution is -2.30. The van der Waals surface area contributed by atoms with Crippen molar-refractivity contribution in [2.45, 2.75) is 367 Å². The minimum atomic E-state index is -0.784. The Labute approximate surface area is 497 Å². The standard InChI is InChI=1S/C74H132O6/c1-4-7-10-13-16-19-22-25-28-31-34-36-37-39-40-43-46-49-52-55-58-61-64-67-73(76)79-70-71(69-78-72(75)66-63-60-57-54-51-48-45-42-33-30-27-24-21-18-15-12-9-6-3)80-74(77)68-65-62-59-56-53-50-47-44-41-38-35-32-29-26-23-20-17-14-11-8-5-2/h8,11,17,20,26,29-31,33-35,38,71H,4-7,9-10,12-16,18-19,21-25,27-28,32,36-37,39-70H2,1-3H3/b11-8-,20-17-,29-26-,33-30-,34-31-,38-35-. The first kappa shape index (κ1) is 76.9. The van der Waals surface area contributed by atoms with Gasteiger partial charge >= 0.3 is 17.9 Å². The SMILES string of the molecule is CC/C=C\C/C=C\C/C=C\C/C=C\CCCCCCCCCCC(=O)OC(COC(=O)CCCCCCCCC/C=C\CCCCCCCCC)COC(=O)CCCCCCCCCCCCC/C=C\CCCCCCCCCC. The zero-order valence-corrected chi connectivity index (χ0v) is 53.3. The fourth-order valence-electron chi connectivity index (χ4n) is 10.2. The third-order valence-electron chi connectivity index (χ3n) is 15.4. The summed E-state index contributed by atoms with van der Waals surface area (Å²) in [6, 6.07) is 0. The molecule has 0 radical (unpaired) electrons. The molecule has 0 rings (SSSR count). The third kappa shape index (κ3) is 65.7. The van der Waals surface area contributed by atoms with Gasteiger partial charge in [-0.2, -0.15) is 0 Å². The van der Waals surface area contributed by atoms with Crippen LogP contribution < -0.4 is 0 Å². The second-order valence-electron chi connectivity index (χ2n) is 23.4. The fourth-order valence-corrected chi connectivity index (χ4v) is 10.2. The number of unbranched alkanes of at least 4 members (excludes halogenated alkanes) is 41. The highest BCUT2D eigenvalue weighted by molar-refractivity contribution is 5.71. The molecule has 0 aromatic heterocycles. The van der Waals surface area contributed by atoms with Crippen molar-refractivity contribution in [3.8, 4) is 0 Å². The van der Waals surface area contributed by atoms with Crippen molar-refractivity contribution in [1.29, 1.82) is 0 Å². The maximum Gasteiger partial charge on any atom is 0.306 e. The van der Waals surface area contributed by atoms with E-state index in [4.69, 9.17) is 14.2 Å². The Hall–Kier alpha value is -3.15. The Morgan fingerprint density at radius 2 is 0.487 bits per heavy atom. The van der Waals surface area contributed by atoms with E-state index >= 15 is 0 Å². The summed E-state index contributed by atoms with van der Waals surface area (Å²) in [4.78, 5) is 38.5. The Morgan fingerprint density at radius 1 is 0.263 bits per heavy atom. The van der Waals surface area contributed by atoms with Crippen molar-refractivity contribution < 1.29 is 28.6 Å². The van der Waals surface area contributed by atoms with Crippen LogP contribution in [0.25, 0.3) is 0 Å². The molecule has 0 aliphatic carbocycles. The summed E-state index contributed by atoms with van der Waals surface area (Å²) in [7, 11) is 0. The summed E-state index contributed by atoms with van der Waals surface area (Å²) in [5, 5.41) is 0. The number of carbonyl (C=O) groups excluding carboxylic acids is 3. The molecule has 0 saturated carbocycles. The number of hydrogen-bond donors (Lipinski definition) is 0. The molecule has 0 aromatic rings. The number of esters is 3. The summed E-state index contributed by atoms with van der Waals surface area (Å²) in [6.07, 6.45) is 89.2. The molecule has 1 atom stereocenters. The molecule has 0 fully saturated rings. The van der Waals surface area contributed by atoms with E-state index in [0.717, 1.165) is 89.9 Å². The molecular weight excluding hydrogens is 985 g/mol. The lowest BCUT2D eigenvalue weighted by Gasteiger charge is -2.18. The van der Waals surface area contributed by atoms with Crippen LogP contribution in [0.3, 0.4) is 0 Å². The van der Waals surface area contributed by atoms with Gasteiger partial charge in [-0.25, -0.2) is 0 Å². The normalized spacial score (nSPS) is 12.5. The molecule has 0 heterocycles. The third-order valence-corrected chi connectivity index (χ3v) is 15.4. The number of allylic oxidation sites excluding steroid dienone is 12. The van der Waals surface area contributed by atoms with Crippen LogP contribution in [0.4, 0.5) is 0 Å². The largest absolute Gasteiger partial charge is 0.462 e. The van der Waals surface area contributed by atoms with Crippen LogP contribution in [-0.4, -0.2) is 37.2 Å². The minimum Gasteiger partial charge on any atom is -0.462 e. The van der Waals surface area contributed by atoms with E-state index in [1.54, 1.807) is 0 Å². The van der Waals surface area contributed by atoms with Gasteiger partial charge in [0.25, 0.3) is 0 Å². The Kier molecular flexibility index (Phi) is 65.7. The highest BCUT2D eigenvalue weighted by atomic mass is 16.6. The molecule has 6 nitrogen and oxygen atoms in total. The molecular formula is C74H132O6. The monoisotopic (exact) mass is 1120 g/mol. The van der Waals surface area contributed by atoms with Crippen molar-refractivity contribution in [3.05, 3.63) is 72.9 Å². The van der Waals surface area contributed by atoms with Gasteiger partial charge in [-0.3, -0.25) is 14.4 Å². The average Bonchev–Trinajstić information content (AvgIpc) is 3.46. The number of carbonyl (C=O) groups is 3. The zero-order valence-electron chi connectivity index (χ0n) is 53.3. The van der Waals surface area contributed by atoms with Crippen molar-refractivity contribution >= 4 is 17.9 Å². The molecule has 1 unspecified atom stereocenters. The van der Waals surface area contributed by atoms with E-state index in [0.29, 0.717) is 19.3 Å². The molecule has 0 amide bonds. The van der Waals surface area contributed by atoms with Crippen molar-refractivity contribution in [2.24, 2.45) is 0 Å². The lowest BCUT2D eigenvalue weighted by atomic mass is 10.0.